The number of carbonyl (C=O) groups is 1. The highest BCUT2D eigenvalue weighted by molar-refractivity contribution is 5.91. The Balaban J connectivity index is 3.38. The van der Waals surface area contributed by atoms with Crippen LogP contribution >= 0.6 is 0 Å². The molecule has 0 aliphatic rings. The van der Waals surface area contributed by atoms with Gasteiger partial charge in [-0.3, -0.25) is 4.79 Å². The molecule has 0 spiro atoms. The zero-order valence-electron chi connectivity index (χ0n) is 7.43. The first-order valence-electron chi connectivity index (χ1n) is 3.73. The van der Waals surface area contributed by atoms with E-state index in [0.717, 1.165) is 5.57 Å². The van der Waals surface area contributed by atoms with E-state index in [4.69, 9.17) is 10.5 Å². The molecule has 0 aliphatic carbocycles. The molecule has 12 heavy (non-hydrogen) atoms. The Bertz CT molecular complexity index is 197. The van der Waals surface area contributed by atoms with E-state index < -0.39 is 5.91 Å². The van der Waals surface area contributed by atoms with Crippen molar-refractivity contribution in [3.63, 3.8) is 0 Å². The monoisotopic (exact) mass is 169 g/mol. The molecule has 0 saturated heterocycles. The maximum atomic E-state index is 10.5. The molecule has 0 fully saturated rings. The van der Waals surface area contributed by atoms with E-state index in [1.165, 1.54) is 0 Å². The van der Waals surface area contributed by atoms with Gasteiger partial charge in [0.25, 0.3) is 0 Å². The topological polar surface area (TPSA) is 52.3 Å². The van der Waals surface area contributed by atoms with Gasteiger partial charge in [0, 0.05) is 12.0 Å². The zero-order valence-corrected chi connectivity index (χ0v) is 7.43. The van der Waals surface area contributed by atoms with Gasteiger partial charge in [-0.15, -0.1) is 0 Å². The molecular formula is C9H15NO2. The lowest BCUT2D eigenvalue weighted by atomic mass is 10.2. The van der Waals surface area contributed by atoms with Gasteiger partial charge in [0.1, 0.15) is 0 Å². The zero-order chi connectivity index (χ0) is 9.56. The van der Waals surface area contributed by atoms with Crippen molar-refractivity contribution in [1.29, 1.82) is 0 Å². The standard InChI is InChI=1S/C9H15NO2/c1-7(2)6-12-5-4-8(3)9(10)11/h1,3-6H2,2H3,(H2,10,11). The molecule has 0 aromatic heterocycles. The summed E-state index contributed by atoms with van der Waals surface area (Å²) in [5.41, 5.74) is 6.32. The van der Waals surface area contributed by atoms with Crippen LogP contribution in [0.25, 0.3) is 0 Å². The van der Waals surface area contributed by atoms with Gasteiger partial charge in [-0.25, -0.2) is 0 Å². The van der Waals surface area contributed by atoms with E-state index >= 15 is 0 Å². The highest BCUT2D eigenvalue weighted by Gasteiger charge is 2.00. The van der Waals surface area contributed by atoms with Crippen LogP contribution in [0.5, 0.6) is 0 Å². The normalized spacial score (nSPS) is 9.42. The molecule has 0 aromatic rings. The molecule has 0 saturated carbocycles. The molecule has 0 aliphatic heterocycles. The fraction of sp³-hybridized carbons (Fsp3) is 0.444. The average Bonchev–Trinajstić information content (AvgIpc) is 1.97. The van der Waals surface area contributed by atoms with Crippen molar-refractivity contribution >= 4 is 5.91 Å². The fourth-order valence-corrected chi connectivity index (χ4v) is 0.565. The second-order valence-corrected chi connectivity index (χ2v) is 2.73. The predicted molar refractivity (Wildman–Crippen MR) is 48.6 cm³/mol. The molecule has 1 amide bonds. The van der Waals surface area contributed by atoms with Crippen LogP contribution in [-0.4, -0.2) is 19.1 Å². The molecule has 0 bridgehead atoms. The Labute approximate surface area is 72.9 Å². The average molecular weight is 169 g/mol. The fourth-order valence-electron chi connectivity index (χ4n) is 0.565. The first-order chi connectivity index (χ1) is 5.54. The Morgan fingerprint density at radius 1 is 1.50 bits per heavy atom. The van der Waals surface area contributed by atoms with E-state index in [1.807, 2.05) is 6.92 Å². The van der Waals surface area contributed by atoms with Gasteiger partial charge >= 0.3 is 0 Å². The van der Waals surface area contributed by atoms with Crippen molar-refractivity contribution in [3.05, 3.63) is 24.3 Å². The van der Waals surface area contributed by atoms with Crippen LogP contribution in [0.4, 0.5) is 0 Å². The lowest BCUT2D eigenvalue weighted by molar-refractivity contribution is -0.114. The smallest absolute Gasteiger partial charge is 0.244 e. The summed E-state index contributed by atoms with van der Waals surface area (Å²) in [5, 5.41) is 0. The molecule has 0 heterocycles. The van der Waals surface area contributed by atoms with E-state index in [1.54, 1.807) is 0 Å². The summed E-state index contributed by atoms with van der Waals surface area (Å²) >= 11 is 0. The lowest BCUT2D eigenvalue weighted by Gasteiger charge is -2.03. The number of carbonyl (C=O) groups excluding carboxylic acids is 1. The number of amides is 1. The van der Waals surface area contributed by atoms with Crippen LogP contribution < -0.4 is 5.73 Å². The molecule has 0 atom stereocenters. The summed E-state index contributed by atoms with van der Waals surface area (Å²) in [4.78, 5) is 10.5. The number of ether oxygens (including phenoxy) is 1. The Kier molecular flexibility index (Phi) is 5.04. The molecule has 0 aromatic carbocycles. The Morgan fingerprint density at radius 2 is 2.08 bits per heavy atom. The first-order valence-corrected chi connectivity index (χ1v) is 3.73. The number of nitrogens with two attached hydrogens (primary N) is 1. The van der Waals surface area contributed by atoms with Crippen molar-refractivity contribution in [2.45, 2.75) is 13.3 Å². The maximum Gasteiger partial charge on any atom is 0.244 e. The third kappa shape index (κ3) is 5.68. The highest BCUT2D eigenvalue weighted by atomic mass is 16.5. The molecule has 3 nitrogen and oxygen atoms in total. The quantitative estimate of drug-likeness (QED) is 0.366. The van der Waals surface area contributed by atoms with Crippen molar-refractivity contribution in [2.24, 2.45) is 5.73 Å². The summed E-state index contributed by atoms with van der Waals surface area (Å²) in [6.45, 7) is 10.0. The van der Waals surface area contributed by atoms with Crippen LogP contribution in [0.1, 0.15) is 13.3 Å². The van der Waals surface area contributed by atoms with Crippen molar-refractivity contribution < 1.29 is 9.53 Å². The van der Waals surface area contributed by atoms with Gasteiger partial charge < -0.3 is 10.5 Å². The van der Waals surface area contributed by atoms with Crippen molar-refractivity contribution in [3.8, 4) is 0 Å². The maximum absolute atomic E-state index is 10.5. The third-order valence-corrected chi connectivity index (χ3v) is 1.25. The van der Waals surface area contributed by atoms with Gasteiger partial charge in [0.15, 0.2) is 0 Å². The lowest BCUT2D eigenvalue weighted by Crippen LogP contribution is -2.14. The summed E-state index contributed by atoms with van der Waals surface area (Å²) in [6, 6.07) is 0. The first kappa shape index (κ1) is 10.9. The van der Waals surface area contributed by atoms with Gasteiger partial charge in [-0.2, -0.15) is 0 Å². The summed E-state index contributed by atoms with van der Waals surface area (Å²) in [7, 11) is 0. The van der Waals surface area contributed by atoms with Crippen LogP contribution in [0.3, 0.4) is 0 Å². The molecule has 0 rings (SSSR count). The van der Waals surface area contributed by atoms with Gasteiger partial charge in [0.05, 0.1) is 13.2 Å². The minimum atomic E-state index is -0.464. The van der Waals surface area contributed by atoms with Crippen LogP contribution in [0.2, 0.25) is 0 Å². The highest BCUT2D eigenvalue weighted by Crippen LogP contribution is 1.97. The van der Waals surface area contributed by atoms with Crippen molar-refractivity contribution in [1.82, 2.24) is 0 Å². The van der Waals surface area contributed by atoms with Crippen LogP contribution in [-0.2, 0) is 9.53 Å². The van der Waals surface area contributed by atoms with Crippen molar-refractivity contribution in [2.75, 3.05) is 13.2 Å². The van der Waals surface area contributed by atoms with E-state index in [9.17, 15) is 4.79 Å². The van der Waals surface area contributed by atoms with E-state index in [0.29, 0.717) is 25.2 Å². The molecule has 2 N–H and O–H groups in total. The Morgan fingerprint density at radius 3 is 2.50 bits per heavy atom. The number of primary amides is 1. The molecule has 3 heteroatoms. The van der Waals surface area contributed by atoms with Gasteiger partial charge in [-0.1, -0.05) is 18.7 Å². The summed E-state index contributed by atoms with van der Waals surface area (Å²) < 4.78 is 5.15. The third-order valence-electron chi connectivity index (χ3n) is 1.25. The summed E-state index contributed by atoms with van der Waals surface area (Å²) in [6.07, 6.45) is 0.489. The second kappa shape index (κ2) is 5.55. The molecule has 0 radical (unpaired) electrons. The number of hydrogen-bond acceptors (Lipinski definition) is 2. The minimum absolute atomic E-state index is 0.400. The summed E-state index contributed by atoms with van der Waals surface area (Å²) in [5.74, 6) is -0.464. The van der Waals surface area contributed by atoms with Gasteiger partial charge in [0.2, 0.25) is 5.91 Å². The second-order valence-electron chi connectivity index (χ2n) is 2.73. The van der Waals surface area contributed by atoms with E-state index in [2.05, 4.69) is 13.2 Å². The van der Waals surface area contributed by atoms with Crippen LogP contribution in [0.15, 0.2) is 24.3 Å². The molecular weight excluding hydrogens is 154 g/mol. The predicted octanol–water partition coefficient (Wildman–Crippen LogP) is 1.01. The van der Waals surface area contributed by atoms with Crippen LogP contribution in [0, 0.1) is 0 Å². The molecule has 0 unspecified atom stereocenters. The minimum Gasteiger partial charge on any atom is -0.377 e. The van der Waals surface area contributed by atoms with Gasteiger partial charge in [-0.05, 0) is 6.92 Å². The van der Waals surface area contributed by atoms with E-state index in [-0.39, 0.29) is 0 Å². The molecule has 68 valence electrons. The SMILES string of the molecule is C=C(C)COCCC(=C)C(N)=O. The number of hydrogen-bond donors (Lipinski definition) is 1. The number of rotatable bonds is 6. The largest absolute Gasteiger partial charge is 0.377 e. The Hall–Kier alpha value is -1.09.